The Labute approximate surface area is 116 Å². The molecule has 0 saturated carbocycles. The minimum absolute atomic E-state index is 0.599. The Morgan fingerprint density at radius 2 is 2.42 bits per heavy atom. The van der Waals surface area contributed by atoms with E-state index >= 15 is 0 Å². The lowest BCUT2D eigenvalue weighted by atomic mass is 9.97. The summed E-state index contributed by atoms with van der Waals surface area (Å²) in [5.74, 6) is 1.47. The minimum atomic E-state index is 0.599. The Kier molecular flexibility index (Phi) is 5.16. The smallest absolute Gasteiger partial charge is 0.217 e. The van der Waals surface area contributed by atoms with Crippen molar-refractivity contribution in [1.82, 2.24) is 15.2 Å². The van der Waals surface area contributed by atoms with E-state index in [0.717, 1.165) is 38.0 Å². The lowest BCUT2D eigenvalue weighted by Crippen LogP contribution is -2.52. The summed E-state index contributed by atoms with van der Waals surface area (Å²) in [6.07, 6.45) is 3.00. The molecule has 1 aliphatic rings. The molecule has 4 heteroatoms. The average molecular weight is 263 g/mol. The standard InChI is InChI=1S/C15H25N3O/c1-4-12(2)14-11-18(9-8-16-14)10-13-6-5-7-17-15(13)19-3/h5-7,12,14,16H,4,8-11H2,1-3H3. The van der Waals surface area contributed by atoms with Crippen molar-refractivity contribution >= 4 is 0 Å². The molecule has 0 radical (unpaired) electrons. The molecule has 1 saturated heterocycles. The maximum Gasteiger partial charge on any atom is 0.217 e. The van der Waals surface area contributed by atoms with Gasteiger partial charge in [0.25, 0.3) is 0 Å². The zero-order chi connectivity index (χ0) is 13.7. The van der Waals surface area contributed by atoms with Gasteiger partial charge in [-0.25, -0.2) is 4.98 Å². The van der Waals surface area contributed by atoms with Crippen LogP contribution in [0.3, 0.4) is 0 Å². The molecular weight excluding hydrogens is 238 g/mol. The number of nitrogens with one attached hydrogen (secondary N) is 1. The highest BCUT2D eigenvalue weighted by molar-refractivity contribution is 5.25. The molecule has 0 bridgehead atoms. The number of hydrogen-bond acceptors (Lipinski definition) is 4. The molecule has 0 spiro atoms. The molecule has 0 aliphatic carbocycles. The number of rotatable bonds is 5. The van der Waals surface area contributed by atoms with Crippen molar-refractivity contribution in [2.45, 2.75) is 32.9 Å². The van der Waals surface area contributed by atoms with Crippen molar-refractivity contribution in [3.8, 4) is 5.88 Å². The molecule has 1 aromatic heterocycles. The molecule has 1 fully saturated rings. The summed E-state index contributed by atoms with van der Waals surface area (Å²) >= 11 is 0. The van der Waals surface area contributed by atoms with Crippen molar-refractivity contribution in [3.63, 3.8) is 0 Å². The lowest BCUT2D eigenvalue weighted by Gasteiger charge is -2.36. The number of methoxy groups -OCH3 is 1. The molecular formula is C15H25N3O. The molecule has 2 rings (SSSR count). The number of piperazine rings is 1. The second kappa shape index (κ2) is 6.87. The van der Waals surface area contributed by atoms with Crippen molar-refractivity contribution in [1.29, 1.82) is 0 Å². The summed E-state index contributed by atoms with van der Waals surface area (Å²) in [5, 5.41) is 3.63. The quantitative estimate of drug-likeness (QED) is 0.880. The topological polar surface area (TPSA) is 37.4 Å². The Morgan fingerprint density at radius 1 is 1.58 bits per heavy atom. The zero-order valence-corrected chi connectivity index (χ0v) is 12.2. The van der Waals surface area contributed by atoms with Gasteiger partial charge in [-0.15, -0.1) is 0 Å². The first-order valence-electron chi connectivity index (χ1n) is 7.18. The van der Waals surface area contributed by atoms with Gasteiger partial charge in [0, 0.05) is 44.0 Å². The van der Waals surface area contributed by atoms with Gasteiger partial charge in [-0.3, -0.25) is 4.90 Å². The molecule has 2 atom stereocenters. The Balaban J connectivity index is 1.98. The summed E-state index contributed by atoms with van der Waals surface area (Å²) < 4.78 is 5.33. The summed E-state index contributed by atoms with van der Waals surface area (Å²) in [5.41, 5.74) is 1.18. The van der Waals surface area contributed by atoms with Gasteiger partial charge in [-0.1, -0.05) is 26.3 Å². The van der Waals surface area contributed by atoms with E-state index in [2.05, 4.69) is 35.1 Å². The van der Waals surface area contributed by atoms with Gasteiger partial charge in [-0.05, 0) is 12.0 Å². The van der Waals surface area contributed by atoms with Crippen LogP contribution in [0.15, 0.2) is 18.3 Å². The van der Waals surface area contributed by atoms with E-state index in [0.29, 0.717) is 6.04 Å². The Hall–Kier alpha value is -1.13. The molecule has 1 aromatic rings. The van der Waals surface area contributed by atoms with Crippen LogP contribution >= 0.6 is 0 Å². The molecule has 1 N–H and O–H groups in total. The minimum Gasteiger partial charge on any atom is -0.481 e. The monoisotopic (exact) mass is 263 g/mol. The predicted molar refractivity (Wildman–Crippen MR) is 77.3 cm³/mol. The van der Waals surface area contributed by atoms with Gasteiger partial charge >= 0.3 is 0 Å². The third-order valence-electron chi connectivity index (χ3n) is 4.06. The highest BCUT2D eigenvalue weighted by atomic mass is 16.5. The molecule has 19 heavy (non-hydrogen) atoms. The van der Waals surface area contributed by atoms with Crippen LogP contribution in [0, 0.1) is 5.92 Å². The zero-order valence-electron chi connectivity index (χ0n) is 12.2. The lowest BCUT2D eigenvalue weighted by molar-refractivity contribution is 0.160. The molecule has 0 aromatic carbocycles. The van der Waals surface area contributed by atoms with E-state index in [1.54, 1.807) is 13.3 Å². The number of hydrogen-bond donors (Lipinski definition) is 1. The van der Waals surface area contributed by atoms with E-state index < -0.39 is 0 Å². The maximum atomic E-state index is 5.33. The molecule has 2 heterocycles. The van der Waals surface area contributed by atoms with Gasteiger partial charge < -0.3 is 10.1 Å². The second-order valence-corrected chi connectivity index (χ2v) is 5.35. The van der Waals surface area contributed by atoms with E-state index in [1.807, 2.05) is 6.07 Å². The largest absolute Gasteiger partial charge is 0.481 e. The third-order valence-corrected chi connectivity index (χ3v) is 4.06. The summed E-state index contributed by atoms with van der Waals surface area (Å²) in [7, 11) is 1.69. The van der Waals surface area contributed by atoms with E-state index in [4.69, 9.17) is 4.74 Å². The van der Waals surface area contributed by atoms with E-state index in [-0.39, 0.29) is 0 Å². The van der Waals surface area contributed by atoms with E-state index in [9.17, 15) is 0 Å². The summed E-state index contributed by atoms with van der Waals surface area (Å²) in [4.78, 5) is 6.76. The summed E-state index contributed by atoms with van der Waals surface area (Å²) in [6, 6.07) is 4.68. The predicted octanol–water partition coefficient (Wildman–Crippen LogP) is 1.91. The number of ether oxygens (including phenoxy) is 1. The first-order valence-corrected chi connectivity index (χ1v) is 7.18. The second-order valence-electron chi connectivity index (χ2n) is 5.35. The number of aromatic nitrogens is 1. The normalized spacial score (nSPS) is 22.2. The van der Waals surface area contributed by atoms with Crippen LogP contribution in [-0.4, -0.2) is 42.7 Å². The van der Waals surface area contributed by atoms with Gasteiger partial charge in [0.2, 0.25) is 5.88 Å². The first kappa shape index (κ1) is 14.3. The fourth-order valence-electron chi connectivity index (χ4n) is 2.62. The van der Waals surface area contributed by atoms with Gasteiger partial charge in [0.1, 0.15) is 0 Å². The van der Waals surface area contributed by atoms with Gasteiger partial charge in [-0.2, -0.15) is 0 Å². The number of nitrogens with zero attached hydrogens (tertiary/aromatic N) is 2. The first-order chi connectivity index (χ1) is 9.24. The SMILES string of the molecule is CCC(C)C1CN(Cc2cccnc2OC)CCN1. The highest BCUT2D eigenvalue weighted by Crippen LogP contribution is 2.19. The summed E-state index contributed by atoms with van der Waals surface area (Å²) in [6.45, 7) is 8.77. The van der Waals surface area contributed by atoms with Crippen LogP contribution in [0.25, 0.3) is 0 Å². The van der Waals surface area contributed by atoms with Crippen LogP contribution < -0.4 is 10.1 Å². The third kappa shape index (κ3) is 3.67. The van der Waals surface area contributed by atoms with Crippen LogP contribution in [0.1, 0.15) is 25.8 Å². The molecule has 1 aliphatic heterocycles. The molecule has 106 valence electrons. The molecule has 2 unspecified atom stereocenters. The van der Waals surface area contributed by atoms with Gasteiger partial charge in [0.15, 0.2) is 0 Å². The Morgan fingerprint density at radius 3 is 3.16 bits per heavy atom. The maximum absolute atomic E-state index is 5.33. The van der Waals surface area contributed by atoms with Crippen molar-refractivity contribution in [2.24, 2.45) is 5.92 Å². The van der Waals surface area contributed by atoms with Crippen LogP contribution in [0.2, 0.25) is 0 Å². The van der Waals surface area contributed by atoms with Gasteiger partial charge in [0.05, 0.1) is 7.11 Å². The van der Waals surface area contributed by atoms with Crippen molar-refractivity contribution in [3.05, 3.63) is 23.9 Å². The van der Waals surface area contributed by atoms with Crippen LogP contribution in [0.5, 0.6) is 5.88 Å². The van der Waals surface area contributed by atoms with Crippen LogP contribution in [-0.2, 0) is 6.54 Å². The fourth-order valence-corrected chi connectivity index (χ4v) is 2.62. The molecule has 0 amide bonds. The van der Waals surface area contributed by atoms with Crippen LogP contribution in [0.4, 0.5) is 0 Å². The highest BCUT2D eigenvalue weighted by Gasteiger charge is 2.23. The van der Waals surface area contributed by atoms with Crippen molar-refractivity contribution < 1.29 is 4.74 Å². The van der Waals surface area contributed by atoms with Crippen molar-refractivity contribution in [2.75, 3.05) is 26.7 Å². The molecule has 4 nitrogen and oxygen atoms in total. The average Bonchev–Trinajstić information content (AvgIpc) is 2.47. The van der Waals surface area contributed by atoms with E-state index in [1.165, 1.54) is 12.0 Å². The number of pyridine rings is 1. The Bertz CT molecular complexity index is 397. The fraction of sp³-hybridized carbons (Fsp3) is 0.667.